The lowest BCUT2D eigenvalue weighted by Crippen LogP contribution is -2.12. The summed E-state index contributed by atoms with van der Waals surface area (Å²) in [5.74, 6) is 1.65. The van der Waals surface area contributed by atoms with E-state index in [1.54, 1.807) is 11.8 Å². The molecule has 1 amide bonds. The number of carbonyl (C=O) groups is 1. The van der Waals surface area contributed by atoms with Crippen LogP contribution in [0.5, 0.6) is 0 Å². The van der Waals surface area contributed by atoms with Crippen LogP contribution in [0.4, 0.5) is 17.3 Å². The quantitative estimate of drug-likeness (QED) is 0.431. The van der Waals surface area contributed by atoms with Gasteiger partial charge in [0.2, 0.25) is 5.91 Å². The molecular weight excluding hydrogens is 398 g/mol. The number of nitrogens with one attached hydrogen (secondary N) is 3. The summed E-state index contributed by atoms with van der Waals surface area (Å²) >= 11 is 1.55. The van der Waals surface area contributed by atoms with Crippen molar-refractivity contribution >= 4 is 40.6 Å². The van der Waals surface area contributed by atoms with Crippen LogP contribution in [0, 0.1) is 19.8 Å². The summed E-state index contributed by atoms with van der Waals surface area (Å²) in [4.78, 5) is 22.3. The Balaban J connectivity index is 1.39. The zero-order chi connectivity index (χ0) is 20.7. The highest BCUT2D eigenvalue weighted by Crippen LogP contribution is 2.32. The summed E-state index contributed by atoms with van der Waals surface area (Å²) in [7, 11) is 0. The van der Waals surface area contributed by atoms with Gasteiger partial charge in [0.1, 0.15) is 5.03 Å². The van der Waals surface area contributed by atoms with E-state index in [0.717, 1.165) is 45.5 Å². The number of hydrogen-bond donors (Lipinski definition) is 3. The van der Waals surface area contributed by atoms with Crippen molar-refractivity contribution in [3.63, 3.8) is 0 Å². The van der Waals surface area contributed by atoms with Gasteiger partial charge in [0, 0.05) is 40.7 Å². The zero-order valence-electron chi connectivity index (χ0n) is 16.6. The van der Waals surface area contributed by atoms with Gasteiger partial charge in [-0.3, -0.25) is 9.89 Å². The normalized spacial score (nSPS) is 13.5. The summed E-state index contributed by atoms with van der Waals surface area (Å²) in [6, 6.07) is 9.75. The Labute approximate surface area is 177 Å². The third-order valence-corrected chi connectivity index (χ3v) is 5.69. The molecule has 0 bridgehead atoms. The van der Waals surface area contributed by atoms with Gasteiger partial charge in [0.15, 0.2) is 17.3 Å². The van der Waals surface area contributed by atoms with Gasteiger partial charge in [0.05, 0.1) is 5.69 Å². The highest BCUT2D eigenvalue weighted by Gasteiger charge is 2.29. The van der Waals surface area contributed by atoms with E-state index < -0.39 is 0 Å². The number of benzene rings is 1. The molecule has 1 saturated carbocycles. The van der Waals surface area contributed by atoms with Crippen molar-refractivity contribution < 1.29 is 4.79 Å². The molecule has 1 aliphatic carbocycles. The maximum Gasteiger partial charge on any atom is 0.227 e. The molecule has 0 saturated heterocycles. The van der Waals surface area contributed by atoms with Crippen molar-refractivity contribution in [1.29, 1.82) is 0 Å². The van der Waals surface area contributed by atoms with Gasteiger partial charge in [-0.2, -0.15) is 5.10 Å². The average Bonchev–Trinajstić information content (AvgIpc) is 3.39. The van der Waals surface area contributed by atoms with Crippen molar-refractivity contribution in [3.05, 3.63) is 54.1 Å². The molecule has 0 unspecified atom stereocenters. The van der Waals surface area contributed by atoms with Crippen molar-refractivity contribution in [1.82, 2.24) is 24.6 Å². The van der Waals surface area contributed by atoms with Gasteiger partial charge < -0.3 is 15.0 Å². The van der Waals surface area contributed by atoms with Crippen molar-refractivity contribution in [3.8, 4) is 0 Å². The first-order valence-corrected chi connectivity index (χ1v) is 10.6. The van der Waals surface area contributed by atoms with Gasteiger partial charge in [-0.05, 0) is 51.0 Å². The van der Waals surface area contributed by atoms with Crippen LogP contribution in [0.25, 0.3) is 5.65 Å². The average molecular weight is 420 g/mol. The second kappa shape index (κ2) is 7.49. The largest absolute Gasteiger partial charge is 0.326 e. The maximum atomic E-state index is 11.9. The fraction of sp³-hybridized carbons (Fsp3) is 0.238. The Hall–Kier alpha value is -3.33. The predicted molar refractivity (Wildman–Crippen MR) is 116 cm³/mol. The lowest BCUT2D eigenvalue weighted by molar-refractivity contribution is -0.117. The summed E-state index contributed by atoms with van der Waals surface area (Å²) in [6.07, 6.45) is 5.92. The Kier molecular flexibility index (Phi) is 4.66. The molecule has 0 atom stereocenters. The molecule has 8 nitrogen and oxygen atoms in total. The van der Waals surface area contributed by atoms with Crippen LogP contribution in [-0.4, -0.2) is 30.5 Å². The molecule has 1 aliphatic rings. The van der Waals surface area contributed by atoms with Gasteiger partial charge in [-0.25, -0.2) is 9.97 Å². The number of imidazole rings is 1. The summed E-state index contributed by atoms with van der Waals surface area (Å²) in [5.41, 5.74) is 3.44. The summed E-state index contributed by atoms with van der Waals surface area (Å²) < 4.78 is 1.97. The molecule has 0 aliphatic heterocycles. The van der Waals surface area contributed by atoms with Crippen molar-refractivity contribution in [2.24, 2.45) is 5.92 Å². The highest BCUT2D eigenvalue weighted by molar-refractivity contribution is 7.99. The van der Waals surface area contributed by atoms with E-state index in [1.807, 2.05) is 61.0 Å². The molecule has 9 heteroatoms. The number of fused-ring (bicyclic) bond motifs is 1. The first-order valence-electron chi connectivity index (χ1n) is 9.78. The number of rotatable bonds is 6. The molecule has 0 spiro atoms. The molecule has 152 valence electrons. The standard InChI is InChI=1S/C21H21N7OS/c1-12-9-17(27-26-12)24-19-20-22-13(2)10-28(20)11-18(25-19)30-16-7-5-15(6-8-16)23-21(29)14-3-4-14/h5-11,14H,3-4H2,1-2H3,(H,23,29)(H2,24,25,26,27). The fourth-order valence-electron chi connectivity index (χ4n) is 3.15. The SMILES string of the molecule is Cc1cn2cc(Sc3ccc(NC(=O)C4CC4)cc3)nc(Nc3cc(C)[nH]n3)c2n1. The minimum absolute atomic E-state index is 0.113. The number of nitrogens with zero attached hydrogens (tertiary/aromatic N) is 4. The number of aromatic amines is 1. The topological polar surface area (TPSA) is 100 Å². The molecule has 3 N–H and O–H groups in total. The lowest BCUT2D eigenvalue weighted by Gasteiger charge is -2.09. The van der Waals surface area contributed by atoms with Crippen LogP contribution in [-0.2, 0) is 4.79 Å². The van der Waals surface area contributed by atoms with Gasteiger partial charge >= 0.3 is 0 Å². The van der Waals surface area contributed by atoms with Crippen LogP contribution in [0.1, 0.15) is 24.2 Å². The molecular formula is C21H21N7OS. The Morgan fingerprint density at radius 2 is 1.97 bits per heavy atom. The molecule has 30 heavy (non-hydrogen) atoms. The first-order chi connectivity index (χ1) is 14.5. The minimum Gasteiger partial charge on any atom is -0.326 e. The molecule has 1 aromatic carbocycles. The minimum atomic E-state index is 0.113. The zero-order valence-corrected chi connectivity index (χ0v) is 17.5. The van der Waals surface area contributed by atoms with E-state index in [1.165, 1.54) is 0 Å². The van der Waals surface area contributed by atoms with E-state index in [0.29, 0.717) is 11.6 Å². The third-order valence-electron chi connectivity index (χ3n) is 4.78. The van der Waals surface area contributed by atoms with Crippen LogP contribution in [0.15, 0.2) is 52.6 Å². The number of anilines is 3. The maximum absolute atomic E-state index is 11.9. The number of H-pyrrole nitrogens is 1. The summed E-state index contributed by atoms with van der Waals surface area (Å²) in [6.45, 7) is 3.90. The van der Waals surface area contributed by atoms with Crippen molar-refractivity contribution in [2.75, 3.05) is 10.6 Å². The monoisotopic (exact) mass is 419 g/mol. The Morgan fingerprint density at radius 1 is 1.17 bits per heavy atom. The van der Waals surface area contributed by atoms with E-state index in [-0.39, 0.29) is 11.8 Å². The summed E-state index contributed by atoms with van der Waals surface area (Å²) in [5, 5.41) is 14.2. The number of amides is 1. The number of carbonyl (C=O) groups excluding carboxylic acids is 1. The van der Waals surface area contributed by atoms with Crippen LogP contribution in [0.2, 0.25) is 0 Å². The molecule has 4 aromatic rings. The van der Waals surface area contributed by atoms with Gasteiger partial charge in [-0.1, -0.05) is 11.8 Å². The van der Waals surface area contributed by atoms with Crippen LogP contribution >= 0.6 is 11.8 Å². The number of aryl methyl sites for hydroxylation is 2. The highest BCUT2D eigenvalue weighted by atomic mass is 32.2. The van der Waals surface area contributed by atoms with E-state index in [9.17, 15) is 4.79 Å². The molecule has 1 fully saturated rings. The van der Waals surface area contributed by atoms with E-state index in [4.69, 9.17) is 4.98 Å². The molecule has 3 heterocycles. The van der Waals surface area contributed by atoms with E-state index >= 15 is 0 Å². The second-order valence-corrected chi connectivity index (χ2v) is 8.59. The molecule has 3 aromatic heterocycles. The number of hydrogen-bond acceptors (Lipinski definition) is 6. The van der Waals surface area contributed by atoms with Crippen LogP contribution < -0.4 is 10.6 Å². The smallest absolute Gasteiger partial charge is 0.227 e. The van der Waals surface area contributed by atoms with Crippen molar-refractivity contribution in [2.45, 2.75) is 36.6 Å². The molecule has 0 radical (unpaired) electrons. The molecule has 5 rings (SSSR count). The van der Waals surface area contributed by atoms with E-state index in [2.05, 4.69) is 25.8 Å². The number of aromatic nitrogens is 5. The Morgan fingerprint density at radius 3 is 2.67 bits per heavy atom. The third kappa shape index (κ3) is 4.02. The first kappa shape index (κ1) is 18.7. The van der Waals surface area contributed by atoms with Gasteiger partial charge in [-0.15, -0.1) is 0 Å². The Bertz CT molecular complexity index is 1220. The predicted octanol–water partition coefficient (Wildman–Crippen LogP) is 4.31. The second-order valence-electron chi connectivity index (χ2n) is 7.49. The van der Waals surface area contributed by atoms with Crippen LogP contribution in [0.3, 0.4) is 0 Å². The van der Waals surface area contributed by atoms with Gasteiger partial charge in [0.25, 0.3) is 0 Å². The fourth-order valence-corrected chi connectivity index (χ4v) is 3.97. The lowest BCUT2D eigenvalue weighted by atomic mass is 10.3.